The van der Waals surface area contributed by atoms with Gasteiger partial charge in [0.1, 0.15) is 0 Å². The van der Waals surface area contributed by atoms with Crippen molar-refractivity contribution in [3.63, 3.8) is 0 Å². The van der Waals surface area contributed by atoms with Gasteiger partial charge in [-0.2, -0.15) is 0 Å². The molecule has 1 fully saturated rings. The number of para-hydroxylation sites is 1. The van der Waals surface area contributed by atoms with Crippen LogP contribution in [0.1, 0.15) is 29.6 Å². The van der Waals surface area contributed by atoms with E-state index in [1.807, 2.05) is 65.6 Å². The lowest BCUT2D eigenvalue weighted by Crippen LogP contribution is -2.40. The van der Waals surface area contributed by atoms with Crippen LogP contribution in [0.2, 0.25) is 0 Å². The number of fused-ring (bicyclic) bond motifs is 2. The van der Waals surface area contributed by atoms with Crippen molar-refractivity contribution in [1.29, 1.82) is 0 Å². The van der Waals surface area contributed by atoms with Gasteiger partial charge >= 0.3 is 0 Å². The third kappa shape index (κ3) is 2.65. The van der Waals surface area contributed by atoms with Gasteiger partial charge < -0.3 is 0 Å². The van der Waals surface area contributed by atoms with Crippen molar-refractivity contribution in [3.8, 4) is 0 Å². The normalized spacial score (nSPS) is 23.0. The first-order valence-electron chi connectivity index (χ1n) is 8.61. The number of benzene rings is 2. The number of hydrogen-bond donors (Lipinski definition) is 0. The first kappa shape index (κ1) is 15.2. The van der Waals surface area contributed by atoms with Gasteiger partial charge in [0.2, 0.25) is 0 Å². The number of amides is 1. The van der Waals surface area contributed by atoms with Crippen LogP contribution in [0.15, 0.2) is 72.4 Å². The van der Waals surface area contributed by atoms with E-state index in [0.29, 0.717) is 12.1 Å². The molecule has 0 aromatic heterocycles. The smallest absolute Gasteiger partial charge is 0.262 e. The third-order valence-electron chi connectivity index (χ3n) is 5.25. The molecule has 24 heavy (non-hydrogen) atoms. The average Bonchev–Trinajstić information content (AvgIpc) is 2.85. The summed E-state index contributed by atoms with van der Waals surface area (Å²) in [4.78, 5) is 17.6. The summed E-state index contributed by atoms with van der Waals surface area (Å²) in [5, 5.41) is 0. The van der Waals surface area contributed by atoms with Crippen LogP contribution in [0.25, 0.3) is 0 Å². The molecule has 1 saturated heterocycles. The third-order valence-corrected chi connectivity index (χ3v) is 5.25. The summed E-state index contributed by atoms with van der Waals surface area (Å²) in [6.07, 6.45) is 5.62. The number of likely N-dealkylation sites (N-methyl/N-ethyl adjacent to an activating group) is 1. The second-order valence-electron chi connectivity index (χ2n) is 6.67. The van der Waals surface area contributed by atoms with E-state index in [2.05, 4.69) is 18.0 Å². The Hall–Kier alpha value is -2.39. The largest absolute Gasteiger partial charge is 0.297 e. The summed E-state index contributed by atoms with van der Waals surface area (Å²) in [6.45, 7) is 0. The molecule has 1 amide bonds. The van der Waals surface area contributed by atoms with Crippen LogP contribution in [0.3, 0.4) is 0 Å². The van der Waals surface area contributed by atoms with Gasteiger partial charge in [-0.15, -0.1) is 0 Å². The molecular weight excluding hydrogens is 296 g/mol. The van der Waals surface area contributed by atoms with Gasteiger partial charge in [0, 0.05) is 35.5 Å². The minimum absolute atomic E-state index is 0.0528. The lowest BCUT2D eigenvalue weighted by atomic mass is 10.0. The monoisotopic (exact) mass is 318 g/mol. The molecule has 3 nitrogen and oxygen atoms in total. The van der Waals surface area contributed by atoms with E-state index < -0.39 is 0 Å². The summed E-state index contributed by atoms with van der Waals surface area (Å²) < 4.78 is 0. The highest BCUT2D eigenvalue weighted by Crippen LogP contribution is 2.36. The quantitative estimate of drug-likeness (QED) is 0.851. The molecule has 0 radical (unpaired) electrons. The lowest BCUT2D eigenvalue weighted by Gasteiger charge is -2.35. The summed E-state index contributed by atoms with van der Waals surface area (Å²) in [5.74, 6) is 0.0528. The molecule has 0 aliphatic carbocycles. The molecular formula is C21H22N2O. The number of anilines is 1. The number of hydrogen-bond acceptors (Lipinski definition) is 2. The lowest BCUT2D eigenvalue weighted by molar-refractivity contribution is 0.0991. The van der Waals surface area contributed by atoms with Crippen molar-refractivity contribution in [2.75, 3.05) is 11.9 Å². The van der Waals surface area contributed by atoms with Crippen molar-refractivity contribution in [3.05, 3.63) is 78.0 Å². The van der Waals surface area contributed by atoms with Crippen LogP contribution in [-0.4, -0.2) is 29.9 Å². The van der Waals surface area contributed by atoms with Crippen molar-refractivity contribution < 1.29 is 4.79 Å². The predicted octanol–water partition coefficient (Wildman–Crippen LogP) is 4.08. The topological polar surface area (TPSA) is 23.6 Å². The van der Waals surface area contributed by atoms with Gasteiger partial charge in [0.05, 0.1) is 0 Å². The molecule has 0 N–H and O–H groups in total. The molecule has 2 aliphatic rings. The van der Waals surface area contributed by atoms with Crippen LogP contribution in [0.4, 0.5) is 5.69 Å². The van der Waals surface area contributed by atoms with E-state index in [1.165, 1.54) is 12.8 Å². The molecule has 122 valence electrons. The van der Waals surface area contributed by atoms with E-state index in [1.54, 1.807) is 0 Å². The maximum absolute atomic E-state index is 13.2. The van der Waals surface area contributed by atoms with Crippen molar-refractivity contribution >= 4 is 11.6 Å². The van der Waals surface area contributed by atoms with Gasteiger partial charge in [-0.3, -0.25) is 14.6 Å². The molecule has 2 aromatic carbocycles. The summed E-state index contributed by atoms with van der Waals surface area (Å²) >= 11 is 0. The van der Waals surface area contributed by atoms with Crippen LogP contribution in [0, 0.1) is 0 Å². The molecule has 3 heteroatoms. The summed E-state index contributed by atoms with van der Waals surface area (Å²) in [5.41, 5.74) is 2.82. The van der Waals surface area contributed by atoms with Crippen LogP contribution in [-0.2, 0) is 0 Å². The zero-order valence-electron chi connectivity index (χ0n) is 13.9. The second-order valence-corrected chi connectivity index (χ2v) is 6.67. The van der Waals surface area contributed by atoms with Crippen LogP contribution >= 0.6 is 0 Å². The number of carbonyl (C=O) groups is 1. The highest BCUT2D eigenvalue weighted by Gasteiger charge is 2.36. The van der Waals surface area contributed by atoms with Crippen LogP contribution < -0.4 is 4.90 Å². The standard InChI is InChI=1S/C21H22N2O/c1-22-18-12-13-19(22)15-20(14-18)23(17-10-6-3-7-11-17)21(24)16-8-4-2-5-9-16/h2-11,14,18-19H,12-13,15H2,1H3. The zero-order chi connectivity index (χ0) is 16.5. The highest BCUT2D eigenvalue weighted by atomic mass is 16.2. The molecule has 2 heterocycles. The van der Waals surface area contributed by atoms with Gasteiger partial charge in [-0.25, -0.2) is 0 Å². The highest BCUT2D eigenvalue weighted by molar-refractivity contribution is 6.08. The summed E-state index contributed by atoms with van der Waals surface area (Å²) in [7, 11) is 2.20. The first-order valence-corrected chi connectivity index (χ1v) is 8.61. The number of rotatable bonds is 3. The van der Waals surface area contributed by atoms with Crippen molar-refractivity contribution in [2.45, 2.75) is 31.3 Å². The first-order chi connectivity index (χ1) is 11.7. The van der Waals surface area contributed by atoms with Gasteiger partial charge in [0.15, 0.2) is 0 Å². The molecule has 2 aromatic rings. The molecule has 0 saturated carbocycles. The van der Waals surface area contributed by atoms with Crippen molar-refractivity contribution in [1.82, 2.24) is 4.90 Å². The Bertz CT molecular complexity index is 754. The minimum Gasteiger partial charge on any atom is -0.297 e. The van der Waals surface area contributed by atoms with E-state index in [4.69, 9.17) is 0 Å². The van der Waals surface area contributed by atoms with Crippen LogP contribution in [0.5, 0.6) is 0 Å². The zero-order valence-corrected chi connectivity index (χ0v) is 13.9. The molecule has 0 spiro atoms. The predicted molar refractivity (Wildman–Crippen MR) is 97.0 cm³/mol. The Kier molecular flexibility index (Phi) is 3.95. The van der Waals surface area contributed by atoms with E-state index in [0.717, 1.165) is 23.4 Å². The molecule has 2 bridgehead atoms. The average molecular weight is 318 g/mol. The minimum atomic E-state index is 0.0528. The van der Waals surface area contributed by atoms with E-state index in [9.17, 15) is 4.79 Å². The number of nitrogens with zero attached hydrogens (tertiary/aromatic N) is 2. The molecule has 2 atom stereocenters. The second kappa shape index (κ2) is 6.25. The molecule has 2 aliphatic heterocycles. The maximum Gasteiger partial charge on any atom is 0.262 e. The molecule has 4 rings (SSSR count). The van der Waals surface area contributed by atoms with E-state index >= 15 is 0 Å². The maximum atomic E-state index is 13.2. The Morgan fingerprint density at radius 1 is 1.00 bits per heavy atom. The Labute approximate surface area is 143 Å². The molecule has 2 unspecified atom stereocenters. The fourth-order valence-electron chi connectivity index (χ4n) is 3.89. The summed E-state index contributed by atoms with van der Waals surface area (Å²) in [6, 6.07) is 20.6. The fraction of sp³-hybridized carbons (Fsp3) is 0.286. The van der Waals surface area contributed by atoms with Crippen molar-refractivity contribution in [2.24, 2.45) is 0 Å². The Morgan fingerprint density at radius 3 is 2.33 bits per heavy atom. The Morgan fingerprint density at radius 2 is 1.67 bits per heavy atom. The van der Waals surface area contributed by atoms with E-state index in [-0.39, 0.29) is 5.91 Å². The number of carbonyl (C=O) groups excluding carboxylic acids is 1. The Balaban J connectivity index is 1.75. The van der Waals surface area contributed by atoms with Gasteiger partial charge in [-0.05, 0) is 50.2 Å². The van der Waals surface area contributed by atoms with Gasteiger partial charge in [0.25, 0.3) is 5.91 Å². The fourth-order valence-corrected chi connectivity index (χ4v) is 3.89. The SMILES string of the molecule is CN1C2C=C(N(C(=O)c3ccccc3)c3ccccc3)CC1CC2. The van der Waals surface area contributed by atoms with Gasteiger partial charge in [-0.1, -0.05) is 36.4 Å².